The van der Waals surface area contributed by atoms with Crippen molar-refractivity contribution in [2.24, 2.45) is 0 Å². The summed E-state index contributed by atoms with van der Waals surface area (Å²) in [6.45, 7) is 0.343. The lowest BCUT2D eigenvalue weighted by atomic mass is 10.1. The third-order valence-electron chi connectivity index (χ3n) is 2.71. The Morgan fingerprint density at radius 1 is 1.37 bits per heavy atom. The number of benzene rings is 1. The lowest BCUT2D eigenvalue weighted by Crippen LogP contribution is -2.31. The first-order chi connectivity index (χ1) is 8.97. The molecule has 0 aliphatic heterocycles. The molecule has 1 rings (SSSR count). The highest BCUT2D eigenvalue weighted by Gasteiger charge is 2.14. The number of amides is 2. The molecule has 2 amide bonds. The van der Waals surface area contributed by atoms with Crippen molar-refractivity contribution in [3.8, 4) is 5.75 Å². The van der Waals surface area contributed by atoms with E-state index in [1.54, 1.807) is 32.3 Å². The minimum atomic E-state index is -0.200. The molecule has 0 fully saturated rings. The number of hydrogen-bond acceptors (Lipinski definition) is 4. The van der Waals surface area contributed by atoms with Crippen LogP contribution in [-0.2, 0) is 4.79 Å². The molecule has 0 aliphatic rings. The highest BCUT2D eigenvalue weighted by atomic mass is 16.5. The molecule has 1 aromatic carbocycles. The first-order valence-electron chi connectivity index (χ1n) is 5.88. The number of methoxy groups -OCH3 is 1. The molecule has 0 aromatic heterocycles. The number of hydrogen-bond donors (Lipinski definition) is 2. The first-order valence-corrected chi connectivity index (χ1v) is 5.88. The number of ether oxygens (including phenoxy) is 1. The van der Waals surface area contributed by atoms with Gasteiger partial charge in [-0.2, -0.15) is 0 Å². The summed E-state index contributed by atoms with van der Waals surface area (Å²) in [7, 11) is 4.71. The number of carbonyl (C=O) groups is 2. The molecule has 6 nitrogen and oxygen atoms in total. The number of rotatable bonds is 5. The highest BCUT2D eigenvalue weighted by Crippen LogP contribution is 2.19. The summed E-state index contributed by atoms with van der Waals surface area (Å²) in [5, 5.41) is 2.51. The summed E-state index contributed by atoms with van der Waals surface area (Å²) >= 11 is 0. The minimum Gasteiger partial charge on any atom is -0.497 e. The van der Waals surface area contributed by atoms with Crippen molar-refractivity contribution in [2.75, 3.05) is 33.5 Å². The van der Waals surface area contributed by atoms with E-state index in [0.717, 1.165) is 0 Å². The van der Waals surface area contributed by atoms with Gasteiger partial charge in [-0.3, -0.25) is 9.59 Å². The van der Waals surface area contributed by atoms with Crippen LogP contribution < -0.4 is 15.8 Å². The smallest absolute Gasteiger partial charge is 0.253 e. The van der Waals surface area contributed by atoms with Crippen LogP contribution in [0.4, 0.5) is 5.69 Å². The number of anilines is 1. The highest BCUT2D eigenvalue weighted by molar-refractivity contribution is 5.95. The Kier molecular flexibility index (Phi) is 5.17. The van der Waals surface area contributed by atoms with Gasteiger partial charge in [0, 0.05) is 44.4 Å². The van der Waals surface area contributed by atoms with Crippen LogP contribution in [0.3, 0.4) is 0 Å². The molecule has 0 unspecified atom stereocenters. The van der Waals surface area contributed by atoms with Gasteiger partial charge in [0.15, 0.2) is 0 Å². The van der Waals surface area contributed by atoms with Crippen LogP contribution in [0.25, 0.3) is 0 Å². The predicted octanol–water partition coefficient (Wildman–Crippen LogP) is 0.486. The van der Waals surface area contributed by atoms with Crippen LogP contribution in [-0.4, -0.2) is 44.5 Å². The van der Waals surface area contributed by atoms with Crippen molar-refractivity contribution in [3.05, 3.63) is 23.8 Å². The molecule has 3 N–H and O–H groups in total. The van der Waals surface area contributed by atoms with Crippen molar-refractivity contribution in [1.82, 2.24) is 10.2 Å². The summed E-state index contributed by atoms with van der Waals surface area (Å²) in [6, 6.07) is 4.84. The van der Waals surface area contributed by atoms with E-state index in [-0.39, 0.29) is 18.2 Å². The first kappa shape index (κ1) is 14.8. The minimum absolute atomic E-state index is 0.107. The second-order valence-corrected chi connectivity index (χ2v) is 4.14. The number of nitrogens with zero attached hydrogens (tertiary/aromatic N) is 1. The van der Waals surface area contributed by atoms with Crippen LogP contribution in [0, 0.1) is 0 Å². The van der Waals surface area contributed by atoms with E-state index in [9.17, 15) is 9.59 Å². The zero-order valence-corrected chi connectivity index (χ0v) is 11.4. The van der Waals surface area contributed by atoms with Gasteiger partial charge >= 0.3 is 0 Å². The molecule has 104 valence electrons. The van der Waals surface area contributed by atoms with E-state index >= 15 is 0 Å². The summed E-state index contributed by atoms with van der Waals surface area (Å²) in [5.74, 6) is 0.224. The molecule has 1 aromatic rings. The van der Waals surface area contributed by atoms with Crippen molar-refractivity contribution in [2.45, 2.75) is 6.42 Å². The lowest BCUT2D eigenvalue weighted by molar-refractivity contribution is -0.120. The van der Waals surface area contributed by atoms with Gasteiger partial charge in [0.1, 0.15) is 5.75 Å². The molecule has 0 aliphatic carbocycles. The summed E-state index contributed by atoms with van der Waals surface area (Å²) in [5.41, 5.74) is 6.60. The molecule has 0 atom stereocenters. The van der Waals surface area contributed by atoms with Gasteiger partial charge in [0.2, 0.25) is 5.91 Å². The third-order valence-corrected chi connectivity index (χ3v) is 2.71. The molecule has 19 heavy (non-hydrogen) atoms. The van der Waals surface area contributed by atoms with E-state index in [1.807, 2.05) is 0 Å². The van der Waals surface area contributed by atoms with Gasteiger partial charge in [-0.05, 0) is 12.1 Å². The van der Waals surface area contributed by atoms with Crippen LogP contribution in [0.15, 0.2) is 18.2 Å². The second-order valence-electron chi connectivity index (χ2n) is 4.14. The largest absolute Gasteiger partial charge is 0.497 e. The lowest BCUT2D eigenvalue weighted by Gasteiger charge is -2.17. The molecule has 0 heterocycles. The Balaban J connectivity index is 2.76. The molecule has 0 saturated carbocycles. The van der Waals surface area contributed by atoms with Gasteiger partial charge in [-0.15, -0.1) is 0 Å². The van der Waals surface area contributed by atoms with Gasteiger partial charge < -0.3 is 20.7 Å². The quantitative estimate of drug-likeness (QED) is 0.759. The Morgan fingerprint density at radius 2 is 2.05 bits per heavy atom. The normalized spacial score (nSPS) is 9.84. The molecule has 0 spiro atoms. The summed E-state index contributed by atoms with van der Waals surface area (Å²) < 4.78 is 5.07. The average Bonchev–Trinajstić information content (AvgIpc) is 2.42. The second kappa shape index (κ2) is 6.63. The number of nitrogen functional groups attached to an aromatic ring is 1. The molecular weight excluding hydrogens is 246 g/mol. The van der Waals surface area contributed by atoms with Crippen LogP contribution in [0.5, 0.6) is 5.75 Å². The molecule has 0 bridgehead atoms. The number of nitrogens with one attached hydrogen (secondary N) is 1. The number of carbonyl (C=O) groups excluding carboxylic acids is 2. The molecule has 0 saturated heterocycles. The predicted molar refractivity (Wildman–Crippen MR) is 73.1 cm³/mol. The maximum atomic E-state index is 12.1. The van der Waals surface area contributed by atoms with Gasteiger partial charge in [-0.1, -0.05) is 0 Å². The molecular formula is C13H19N3O3. The maximum absolute atomic E-state index is 12.1. The summed E-state index contributed by atoms with van der Waals surface area (Å²) in [4.78, 5) is 24.8. The molecule has 0 radical (unpaired) electrons. The Labute approximate surface area is 112 Å². The fourth-order valence-corrected chi connectivity index (χ4v) is 1.58. The number of nitrogens with two attached hydrogens (primary N) is 1. The zero-order valence-electron chi connectivity index (χ0n) is 11.4. The Bertz CT molecular complexity index is 474. The topological polar surface area (TPSA) is 84.7 Å². The van der Waals surface area contributed by atoms with E-state index < -0.39 is 0 Å². The fraction of sp³-hybridized carbons (Fsp3) is 0.385. The zero-order chi connectivity index (χ0) is 14.4. The SMILES string of the molecule is CNC(=O)CCN(C)C(=O)c1cc(N)cc(OC)c1. The van der Waals surface area contributed by atoms with Gasteiger partial charge in [0.25, 0.3) is 5.91 Å². The van der Waals surface area contributed by atoms with Crippen LogP contribution in [0.1, 0.15) is 16.8 Å². The van der Waals surface area contributed by atoms with Crippen molar-refractivity contribution >= 4 is 17.5 Å². The Hall–Kier alpha value is -2.24. The van der Waals surface area contributed by atoms with Crippen molar-refractivity contribution < 1.29 is 14.3 Å². The van der Waals surface area contributed by atoms with Gasteiger partial charge in [-0.25, -0.2) is 0 Å². The van der Waals surface area contributed by atoms with E-state index in [0.29, 0.717) is 23.5 Å². The maximum Gasteiger partial charge on any atom is 0.253 e. The van der Waals surface area contributed by atoms with E-state index in [1.165, 1.54) is 12.0 Å². The van der Waals surface area contributed by atoms with E-state index in [2.05, 4.69) is 5.32 Å². The van der Waals surface area contributed by atoms with Crippen LogP contribution >= 0.6 is 0 Å². The monoisotopic (exact) mass is 265 g/mol. The van der Waals surface area contributed by atoms with Crippen molar-refractivity contribution in [3.63, 3.8) is 0 Å². The Morgan fingerprint density at radius 3 is 2.63 bits per heavy atom. The standard InChI is InChI=1S/C13H19N3O3/c1-15-12(17)4-5-16(2)13(18)9-6-10(14)8-11(7-9)19-3/h6-8H,4-5,14H2,1-3H3,(H,15,17). The van der Waals surface area contributed by atoms with Crippen molar-refractivity contribution in [1.29, 1.82) is 0 Å². The summed E-state index contributed by atoms with van der Waals surface area (Å²) in [6.07, 6.45) is 0.262. The fourth-order valence-electron chi connectivity index (χ4n) is 1.58. The van der Waals surface area contributed by atoms with E-state index in [4.69, 9.17) is 10.5 Å². The molecule has 6 heteroatoms. The third kappa shape index (κ3) is 4.17. The van der Waals surface area contributed by atoms with Gasteiger partial charge in [0.05, 0.1) is 7.11 Å². The van der Waals surface area contributed by atoms with Crippen LogP contribution in [0.2, 0.25) is 0 Å². The average molecular weight is 265 g/mol.